The third-order valence-electron chi connectivity index (χ3n) is 7.99. The van der Waals surface area contributed by atoms with Crippen LogP contribution in [0.4, 0.5) is 5.69 Å². The van der Waals surface area contributed by atoms with Crippen molar-refractivity contribution in [2.45, 2.75) is 76.2 Å². The number of amides is 2. The summed E-state index contributed by atoms with van der Waals surface area (Å²) in [5.41, 5.74) is 4.64. The minimum Gasteiger partial charge on any atom is -0.343 e. The van der Waals surface area contributed by atoms with Crippen LogP contribution in [0.3, 0.4) is 0 Å². The second kappa shape index (κ2) is 11.7. The summed E-state index contributed by atoms with van der Waals surface area (Å²) in [6.07, 6.45) is 14.1. The number of hydrogen-bond acceptors (Lipinski definition) is 5. The fourth-order valence-corrected chi connectivity index (χ4v) is 5.85. The normalized spacial score (nSPS) is 20.7. The van der Waals surface area contributed by atoms with Gasteiger partial charge in [0.25, 0.3) is 5.91 Å². The van der Waals surface area contributed by atoms with Crippen molar-refractivity contribution >= 4 is 23.1 Å². The third-order valence-corrected chi connectivity index (χ3v) is 7.99. The van der Waals surface area contributed by atoms with Crippen LogP contribution in [0.25, 0.3) is 5.57 Å². The number of imidazole rings is 1. The van der Waals surface area contributed by atoms with Crippen LogP contribution in [0, 0.1) is 11.3 Å². The van der Waals surface area contributed by atoms with Crippen LogP contribution in [0.15, 0.2) is 30.5 Å². The van der Waals surface area contributed by atoms with E-state index in [-0.39, 0.29) is 23.3 Å². The summed E-state index contributed by atoms with van der Waals surface area (Å²) in [4.78, 5) is 34.5. The molecule has 2 aliphatic heterocycles. The number of carbonyl (C=O) groups is 2. The smallest absolute Gasteiger partial charge is 0.291 e. The van der Waals surface area contributed by atoms with Crippen LogP contribution in [0.2, 0.25) is 0 Å². The van der Waals surface area contributed by atoms with Gasteiger partial charge in [0, 0.05) is 36.8 Å². The Bertz CT molecular complexity index is 1200. The quantitative estimate of drug-likeness (QED) is 0.531. The van der Waals surface area contributed by atoms with Gasteiger partial charge in [0.1, 0.15) is 11.8 Å². The van der Waals surface area contributed by atoms with E-state index in [4.69, 9.17) is 5.26 Å². The van der Waals surface area contributed by atoms with E-state index in [1.54, 1.807) is 0 Å². The Kier molecular flexibility index (Phi) is 8.00. The van der Waals surface area contributed by atoms with Crippen molar-refractivity contribution in [2.75, 3.05) is 25.0 Å². The third kappa shape index (κ3) is 6.11. The molecule has 5 rings (SSSR count). The molecule has 2 amide bonds. The molecule has 8 heteroatoms. The van der Waals surface area contributed by atoms with Crippen molar-refractivity contribution in [2.24, 2.45) is 0 Å². The average Bonchev–Trinajstić information content (AvgIpc) is 3.44. The Balaban J connectivity index is 1.28. The Morgan fingerprint density at radius 1 is 1.14 bits per heavy atom. The fourth-order valence-electron chi connectivity index (χ4n) is 5.85. The monoisotopic (exact) mass is 500 g/mol. The van der Waals surface area contributed by atoms with Crippen LogP contribution in [-0.4, -0.2) is 52.4 Å². The van der Waals surface area contributed by atoms with Crippen LogP contribution < -0.4 is 10.6 Å². The molecule has 0 bridgehead atoms. The Morgan fingerprint density at radius 3 is 2.70 bits per heavy atom. The molecular formula is C29H36N6O2. The van der Waals surface area contributed by atoms with Crippen LogP contribution in [-0.2, 0) is 4.79 Å². The molecule has 1 unspecified atom stereocenters. The topological polar surface area (TPSA) is 114 Å². The first-order valence-corrected chi connectivity index (χ1v) is 13.7. The number of anilines is 1. The fraction of sp³-hybridized carbons (Fsp3) is 0.517. The number of allylic oxidation sites excluding steroid dienone is 2. The maximum absolute atomic E-state index is 12.9. The number of likely N-dealkylation sites (tertiary alicyclic amines) is 1. The second-order valence-corrected chi connectivity index (χ2v) is 10.5. The molecule has 1 aromatic heterocycles. The van der Waals surface area contributed by atoms with Crippen LogP contribution >= 0.6 is 0 Å². The van der Waals surface area contributed by atoms with Crippen molar-refractivity contribution < 1.29 is 9.59 Å². The highest BCUT2D eigenvalue weighted by Gasteiger charge is 2.27. The lowest BCUT2D eigenvalue weighted by Gasteiger charge is -2.34. The van der Waals surface area contributed by atoms with Gasteiger partial charge in [0.2, 0.25) is 5.91 Å². The molecule has 2 aromatic rings. The second-order valence-electron chi connectivity index (χ2n) is 10.5. The number of H-pyrrole nitrogens is 1. The number of aromatic nitrogens is 2. The maximum atomic E-state index is 12.9. The summed E-state index contributed by atoms with van der Waals surface area (Å²) in [5, 5.41) is 15.5. The first-order chi connectivity index (χ1) is 18.1. The average molecular weight is 501 g/mol. The molecular weight excluding hydrogens is 464 g/mol. The summed E-state index contributed by atoms with van der Waals surface area (Å²) < 4.78 is 0. The van der Waals surface area contributed by atoms with Crippen LogP contribution in [0.5, 0.6) is 0 Å². The molecule has 8 nitrogen and oxygen atoms in total. The van der Waals surface area contributed by atoms with Gasteiger partial charge in [0.15, 0.2) is 5.82 Å². The molecule has 0 saturated carbocycles. The van der Waals surface area contributed by atoms with Gasteiger partial charge < -0.3 is 20.5 Å². The van der Waals surface area contributed by atoms with Gasteiger partial charge >= 0.3 is 0 Å². The predicted molar refractivity (Wildman–Crippen MR) is 143 cm³/mol. The molecule has 0 radical (unpaired) electrons. The lowest BCUT2D eigenvalue weighted by molar-refractivity contribution is -0.132. The molecule has 37 heavy (non-hydrogen) atoms. The standard InChI is InChI=1S/C29H36N6O2/c30-18-24-19-32-28(33-24)29(37)34-26-10-9-22(16-25(26)21-6-2-1-3-7-21)20-11-14-35(15-12-20)27(36)17-23-8-4-5-13-31-23/h6,9-10,16,19-20,23,31H,1-5,7-8,11-15,17H2,(H,32,33)(H,34,37). The highest BCUT2D eigenvalue weighted by Crippen LogP contribution is 2.36. The molecule has 3 N–H and O–H groups in total. The van der Waals surface area contributed by atoms with Crippen molar-refractivity contribution in [3.63, 3.8) is 0 Å². The molecule has 1 aliphatic carbocycles. The first-order valence-electron chi connectivity index (χ1n) is 13.7. The van der Waals surface area contributed by atoms with E-state index in [0.717, 1.165) is 69.4 Å². The van der Waals surface area contributed by atoms with Gasteiger partial charge in [-0.3, -0.25) is 9.59 Å². The number of aromatic amines is 1. The number of hydrogen-bond donors (Lipinski definition) is 3. The number of carbonyl (C=O) groups excluding carboxylic acids is 2. The summed E-state index contributed by atoms with van der Waals surface area (Å²) in [7, 11) is 0. The number of nitrogens with one attached hydrogen (secondary N) is 3. The van der Waals surface area contributed by atoms with E-state index in [0.29, 0.717) is 18.4 Å². The number of piperidine rings is 2. The lowest BCUT2D eigenvalue weighted by Crippen LogP contribution is -2.43. The Hall–Kier alpha value is -3.44. The molecule has 3 heterocycles. The van der Waals surface area contributed by atoms with E-state index in [2.05, 4.69) is 38.8 Å². The van der Waals surface area contributed by atoms with E-state index < -0.39 is 0 Å². The number of benzene rings is 1. The predicted octanol–water partition coefficient (Wildman–Crippen LogP) is 4.73. The van der Waals surface area contributed by atoms with Gasteiger partial charge in [-0.05, 0) is 87.1 Å². The van der Waals surface area contributed by atoms with Crippen molar-refractivity contribution in [1.82, 2.24) is 20.2 Å². The highest BCUT2D eigenvalue weighted by molar-refractivity contribution is 6.03. The zero-order valence-electron chi connectivity index (χ0n) is 21.4. The Morgan fingerprint density at radius 2 is 2.00 bits per heavy atom. The van der Waals surface area contributed by atoms with Crippen molar-refractivity contribution in [3.05, 3.63) is 53.1 Å². The molecule has 0 spiro atoms. The SMILES string of the molecule is N#Cc1cnc(C(=O)Nc2ccc(C3CCN(C(=O)CC4CCCCN4)CC3)cc2C2=CCCCC2)[nH]1. The number of nitriles is 1. The van der Waals surface area contributed by atoms with E-state index in [9.17, 15) is 9.59 Å². The van der Waals surface area contributed by atoms with Crippen molar-refractivity contribution in [3.8, 4) is 6.07 Å². The van der Waals surface area contributed by atoms with Gasteiger partial charge in [-0.1, -0.05) is 18.6 Å². The molecule has 2 saturated heterocycles. The maximum Gasteiger partial charge on any atom is 0.291 e. The summed E-state index contributed by atoms with van der Waals surface area (Å²) in [5.74, 6) is 0.449. The highest BCUT2D eigenvalue weighted by atomic mass is 16.2. The first kappa shape index (κ1) is 25.2. The van der Waals surface area contributed by atoms with E-state index >= 15 is 0 Å². The van der Waals surface area contributed by atoms with Gasteiger partial charge in [-0.25, -0.2) is 4.98 Å². The zero-order valence-corrected chi connectivity index (χ0v) is 21.4. The van der Waals surface area contributed by atoms with Gasteiger partial charge in [-0.15, -0.1) is 0 Å². The van der Waals surface area contributed by atoms with E-state index in [1.165, 1.54) is 36.6 Å². The molecule has 3 aliphatic rings. The summed E-state index contributed by atoms with van der Waals surface area (Å²) in [6.45, 7) is 2.62. The minimum atomic E-state index is -0.355. The Labute approximate surface area is 218 Å². The summed E-state index contributed by atoms with van der Waals surface area (Å²) in [6, 6.07) is 8.65. The van der Waals surface area contributed by atoms with Gasteiger partial charge in [0.05, 0.1) is 6.20 Å². The lowest BCUT2D eigenvalue weighted by atomic mass is 9.85. The van der Waals surface area contributed by atoms with E-state index in [1.807, 2.05) is 17.0 Å². The summed E-state index contributed by atoms with van der Waals surface area (Å²) >= 11 is 0. The largest absolute Gasteiger partial charge is 0.343 e. The van der Waals surface area contributed by atoms with Gasteiger partial charge in [-0.2, -0.15) is 5.26 Å². The van der Waals surface area contributed by atoms with Crippen LogP contribution in [0.1, 0.15) is 97.6 Å². The molecule has 194 valence electrons. The molecule has 1 atom stereocenters. The zero-order chi connectivity index (χ0) is 25.6. The molecule has 2 fully saturated rings. The van der Waals surface area contributed by atoms with Crippen molar-refractivity contribution in [1.29, 1.82) is 5.26 Å². The number of rotatable bonds is 6. The molecule has 1 aromatic carbocycles. The number of nitrogens with zero attached hydrogens (tertiary/aromatic N) is 3. The minimum absolute atomic E-state index is 0.129.